The van der Waals surface area contributed by atoms with Crippen molar-refractivity contribution in [3.05, 3.63) is 188 Å². The fraction of sp³-hybridized carbons (Fsp3) is 0. The molecular formula is C47H31N3. The third kappa shape index (κ3) is 4.56. The second-order valence-electron chi connectivity index (χ2n) is 12.8. The topological polar surface area (TPSA) is 20.5 Å². The molecule has 0 unspecified atom stereocenters. The summed E-state index contributed by atoms with van der Waals surface area (Å²) >= 11 is 0. The summed E-state index contributed by atoms with van der Waals surface area (Å²) in [6, 6.07) is 67.4. The van der Waals surface area contributed by atoms with Gasteiger partial charge in [0.2, 0.25) is 0 Å². The molecule has 0 saturated carbocycles. The van der Waals surface area contributed by atoms with Gasteiger partial charge in [0.15, 0.2) is 0 Å². The lowest BCUT2D eigenvalue weighted by molar-refractivity contribution is 1.28. The van der Waals surface area contributed by atoms with E-state index in [0.717, 1.165) is 39.3 Å². The summed E-state index contributed by atoms with van der Waals surface area (Å²) in [5, 5.41) is 5.98. The second kappa shape index (κ2) is 11.5. The number of aromatic nitrogens is 2. The van der Waals surface area contributed by atoms with Crippen molar-refractivity contribution in [3.63, 3.8) is 0 Å². The average molecular weight is 638 g/mol. The van der Waals surface area contributed by atoms with Gasteiger partial charge in [-0.15, -0.1) is 0 Å². The number of nitrogens with zero attached hydrogens (tertiary/aromatic N) is 3. The lowest BCUT2D eigenvalue weighted by Gasteiger charge is -2.26. The van der Waals surface area contributed by atoms with Crippen LogP contribution in [-0.4, -0.2) is 9.38 Å². The summed E-state index contributed by atoms with van der Waals surface area (Å²) in [7, 11) is 0. The van der Waals surface area contributed by atoms with Gasteiger partial charge in [-0.2, -0.15) is 0 Å². The van der Waals surface area contributed by atoms with Crippen LogP contribution in [-0.2, 0) is 0 Å². The normalized spacial score (nSPS) is 11.6. The summed E-state index contributed by atoms with van der Waals surface area (Å²) in [6.07, 6.45) is 0. The number of rotatable bonds is 5. The lowest BCUT2D eigenvalue weighted by atomic mass is 9.99. The molecule has 10 rings (SSSR count). The van der Waals surface area contributed by atoms with Gasteiger partial charge >= 0.3 is 0 Å². The van der Waals surface area contributed by atoms with E-state index in [1.807, 2.05) is 0 Å². The van der Waals surface area contributed by atoms with Crippen molar-refractivity contribution in [2.45, 2.75) is 0 Å². The number of hydrogen-bond donors (Lipinski definition) is 0. The van der Waals surface area contributed by atoms with E-state index in [4.69, 9.17) is 4.98 Å². The summed E-state index contributed by atoms with van der Waals surface area (Å²) in [5.41, 5.74) is 12.3. The van der Waals surface area contributed by atoms with Crippen LogP contribution in [0.3, 0.4) is 0 Å². The zero-order valence-electron chi connectivity index (χ0n) is 27.2. The van der Waals surface area contributed by atoms with E-state index in [0.29, 0.717) is 0 Å². The van der Waals surface area contributed by atoms with E-state index in [1.54, 1.807) is 0 Å². The van der Waals surface area contributed by atoms with Crippen molar-refractivity contribution in [3.8, 4) is 22.3 Å². The Morgan fingerprint density at radius 3 is 1.62 bits per heavy atom. The molecular weight excluding hydrogens is 607 g/mol. The standard InChI is InChI=1S/C47H31N3/c1-3-11-32(12-4-1)34-19-24-37(25-20-34)49(38-26-21-35(22-27-38)33-13-5-2-6-14-33)39-28-30-44-42(31-39)41-29-23-36-15-7-8-16-40(36)46(41)47-48-43-17-9-10-18-45(43)50(44)47/h1-31H. The van der Waals surface area contributed by atoms with E-state index < -0.39 is 0 Å². The van der Waals surface area contributed by atoms with Gasteiger partial charge in [-0.3, -0.25) is 4.40 Å². The summed E-state index contributed by atoms with van der Waals surface area (Å²) < 4.78 is 2.34. The smallest absolute Gasteiger partial charge is 0.147 e. The maximum absolute atomic E-state index is 5.22. The molecule has 3 nitrogen and oxygen atoms in total. The molecule has 3 heteroatoms. The van der Waals surface area contributed by atoms with Crippen molar-refractivity contribution in [2.24, 2.45) is 0 Å². The fourth-order valence-electron chi connectivity index (χ4n) is 7.56. The van der Waals surface area contributed by atoms with Crippen molar-refractivity contribution in [1.82, 2.24) is 9.38 Å². The van der Waals surface area contributed by atoms with Gasteiger partial charge in [-0.25, -0.2) is 4.98 Å². The molecule has 0 amide bonds. The zero-order chi connectivity index (χ0) is 33.0. The Hall–Kier alpha value is -6.71. The molecule has 0 radical (unpaired) electrons. The van der Waals surface area contributed by atoms with Crippen molar-refractivity contribution in [2.75, 3.05) is 4.90 Å². The molecule has 0 aliphatic carbocycles. The predicted octanol–water partition coefficient (Wildman–Crippen LogP) is 12.8. The average Bonchev–Trinajstić information content (AvgIpc) is 3.59. The number of benzene rings is 8. The summed E-state index contributed by atoms with van der Waals surface area (Å²) in [6.45, 7) is 0. The van der Waals surface area contributed by atoms with Gasteiger partial charge in [0.25, 0.3) is 0 Å². The molecule has 0 N–H and O–H groups in total. The van der Waals surface area contributed by atoms with E-state index in [9.17, 15) is 0 Å². The van der Waals surface area contributed by atoms with Gasteiger partial charge < -0.3 is 4.90 Å². The van der Waals surface area contributed by atoms with Gasteiger partial charge in [-0.05, 0) is 93.0 Å². The Bertz CT molecular complexity index is 2750. The first-order valence-corrected chi connectivity index (χ1v) is 17.1. The summed E-state index contributed by atoms with van der Waals surface area (Å²) in [4.78, 5) is 7.58. The molecule has 0 atom stereocenters. The highest BCUT2D eigenvalue weighted by atomic mass is 15.1. The van der Waals surface area contributed by atoms with Crippen LogP contribution in [0.2, 0.25) is 0 Å². The number of fused-ring (bicyclic) bond motifs is 10. The van der Waals surface area contributed by atoms with E-state index in [-0.39, 0.29) is 0 Å². The molecule has 234 valence electrons. The Labute approximate surface area is 289 Å². The highest BCUT2D eigenvalue weighted by Gasteiger charge is 2.19. The van der Waals surface area contributed by atoms with E-state index in [2.05, 4.69) is 197 Å². The molecule has 0 saturated heterocycles. The fourth-order valence-corrected chi connectivity index (χ4v) is 7.56. The lowest BCUT2D eigenvalue weighted by Crippen LogP contribution is -2.10. The van der Waals surface area contributed by atoms with Gasteiger partial charge in [0.1, 0.15) is 5.65 Å². The molecule has 50 heavy (non-hydrogen) atoms. The highest BCUT2D eigenvalue weighted by molar-refractivity contribution is 6.23. The van der Waals surface area contributed by atoms with Crippen molar-refractivity contribution < 1.29 is 0 Å². The minimum Gasteiger partial charge on any atom is -0.310 e. The molecule has 0 fully saturated rings. The maximum Gasteiger partial charge on any atom is 0.147 e. The molecule has 2 aromatic heterocycles. The van der Waals surface area contributed by atoms with Crippen LogP contribution in [0.15, 0.2) is 188 Å². The third-order valence-electron chi connectivity index (χ3n) is 9.95. The van der Waals surface area contributed by atoms with Crippen molar-refractivity contribution in [1.29, 1.82) is 0 Å². The molecule has 0 spiro atoms. The number of para-hydroxylation sites is 2. The minimum absolute atomic E-state index is 0.989. The van der Waals surface area contributed by atoms with E-state index in [1.165, 1.54) is 49.2 Å². The Balaban J connectivity index is 1.22. The van der Waals surface area contributed by atoms with Gasteiger partial charge in [0.05, 0.1) is 16.6 Å². The van der Waals surface area contributed by atoms with Crippen LogP contribution in [0.1, 0.15) is 0 Å². The van der Waals surface area contributed by atoms with Crippen LogP contribution in [0.25, 0.3) is 71.4 Å². The van der Waals surface area contributed by atoms with Gasteiger partial charge in [-0.1, -0.05) is 133 Å². The molecule has 8 aromatic carbocycles. The Kier molecular flexibility index (Phi) is 6.49. The SMILES string of the molecule is c1ccc(-c2ccc(N(c3ccc(-c4ccccc4)cc3)c3ccc4c(c3)c3ccc5ccccc5c3c3nc5ccccc5n43)cc2)cc1. The van der Waals surface area contributed by atoms with E-state index >= 15 is 0 Å². The van der Waals surface area contributed by atoms with Crippen LogP contribution in [0.5, 0.6) is 0 Å². The van der Waals surface area contributed by atoms with Crippen LogP contribution >= 0.6 is 0 Å². The molecule has 10 aromatic rings. The first-order valence-electron chi connectivity index (χ1n) is 17.1. The summed E-state index contributed by atoms with van der Waals surface area (Å²) in [5.74, 6) is 0. The monoisotopic (exact) mass is 637 g/mol. The quantitative estimate of drug-likeness (QED) is 0.175. The van der Waals surface area contributed by atoms with Gasteiger partial charge in [0, 0.05) is 27.8 Å². The molecule has 0 aliphatic heterocycles. The van der Waals surface area contributed by atoms with Crippen LogP contribution in [0, 0.1) is 0 Å². The highest BCUT2D eigenvalue weighted by Crippen LogP contribution is 2.42. The Morgan fingerprint density at radius 2 is 0.940 bits per heavy atom. The Morgan fingerprint density at radius 1 is 0.380 bits per heavy atom. The number of anilines is 3. The predicted molar refractivity (Wildman–Crippen MR) is 211 cm³/mol. The number of pyridine rings is 1. The number of hydrogen-bond acceptors (Lipinski definition) is 2. The molecule has 0 aliphatic rings. The molecule has 2 heterocycles. The first kappa shape index (κ1) is 28.3. The number of imidazole rings is 1. The maximum atomic E-state index is 5.22. The zero-order valence-corrected chi connectivity index (χ0v) is 27.2. The largest absolute Gasteiger partial charge is 0.310 e. The first-order chi connectivity index (χ1) is 24.8. The van der Waals surface area contributed by atoms with Crippen LogP contribution < -0.4 is 4.90 Å². The van der Waals surface area contributed by atoms with Crippen molar-refractivity contribution >= 4 is 66.2 Å². The molecule has 0 bridgehead atoms. The van der Waals surface area contributed by atoms with Crippen LogP contribution in [0.4, 0.5) is 17.1 Å². The minimum atomic E-state index is 0.989. The second-order valence-corrected chi connectivity index (χ2v) is 12.8. The third-order valence-corrected chi connectivity index (χ3v) is 9.95.